The van der Waals surface area contributed by atoms with Crippen molar-refractivity contribution < 1.29 is 9.90 Å². The highest BCUT2D eigenvalue weighted by Gasteiger charge is 2.18. The molecule has 2 amide bonds. The van der Waals surface area contributed by atoms with Crippen molar-refractivity contribution in [3.8, 4) is 11.8 Å². The molecule has 4 heteroatoms. The van der Waals surface area contributed by atoms with Crippen molar-refractivity contribution in [3.63, 3.8) is 0 Å². The first-order valence-corrected chi connectivity index (χ1v) is 7.39. The van der Waals surface area contributed by atoms with E-state index in [-0.39, 0.29) is 12.6 Å². The zero-order chi connectivity index (χ0) is 15.1. The molecule has 0 atom stereocenters. The number of nitrogens with one attached hydrogen (secondary N) is 1. The third-order valence-corrected chi connectivity index (χ3v) is 3.71. The molecule has 0 bridgehead atoms. The van der Waals surface area contributed by atoms with Crippen molar-refractivity contribution in [1.29, 1.82) is 0 Å². The fourth-order valence-electron chi connectivity index (χ4n) is 2.54. The fourth-order valence-corrected chi connectivity index (χ4v) is 2.54. The van der Waals surface area contributed by atoms with Crippen molar-refractivity contribution in [2.24, 2.45) is 0 Å². The van der Waals surface area contributed by atoms with Crippen LogP contribution < -0.4 is 5.32 Å². The zero-order valence-corrected chi connectivity index (χ0v) is 12.4. The Morgan fingerprint density at radius 3 is 2.62 bits per heavy atom. The predicted octanol–water partition coefficient (Wildman–Crippen LogP) is 2.11. The smallest absolute Gasteiger partial charge is 0.317 e. The Labute approximate surface area is 126 Å². The molecule has 0 radical (unpaired) electrons. The Morgan fingerprint density at radius 1 is 1.33 bits per heavy atom. The number of aliphatic hydroxyl groups is 1. The fraction of sp³-hybridized carbons (Fsp3) is 0.471. The summed E-state index contributed by atoms with van der Waals surface area (Å²) >= 11 is 0. The Hall–Kier alpha value is -1.99. The number of amides is 2. The first kappa shape index (κ1) is 15.4. The Bertz CT molecular complexity index is 522. The molecule has 1 fully saturated rings. The van der Waals surface area contributed by atoms with E-state index in [0.717, 1.165) is 24.0 Å². The quantitative estimate of drug-likeness (QED) is 0.836. The highest BCUT2D eigenvalue weighted by molar-refractivity contribution is 5.74. The third-order valence-electron chi connectivity index (χ3n) is 3.71. The van der Waals surface area contributed by atoms with Gasteiger partial charge in [0.15, 0.2) is 0 Å². The topological polar surface area (TPSA) is 52.6 Å². The minimum atomic E-state index is -0.133. The van der Waals surface area contributed by atoms with Gasteiger partial charge in [-0.3, -0.25) is 0 Å². The summed E-state index contributed by atoms with van der Waals surface area (Å²) in [6.45, 7) is 0.443. The first-order valence-electron chi connectivity index (χ1n) is 7.39. The molecule has 0 heterocycles. The molecule has 1 aromatic carbocycles. The zero-order valence-electron chi connectivity index (χ0n) is 12.4. The Balaban J connectivity index is 1.86. The maximum atomic E-state index is 12.1. The maximum Gasteiger partial charge on any atom is 0.317 e. The van der Waals surface area contributed by atoms with Gasteiger partial charge in [0, 0.05) is 25.2 Å². The molecule has 1 saturated carbocycles. The van der Waals surface area contributed by atoms with E-state index < -0.39 is 0 Å². The summed E-state index contributed by atoms with van der Waals surface area (Å²) in [6, 6.07) is 8.06. The van der Waals surface area contributed by atoms with Crippen molar-refractivity contribution in [2.75, 3.05) is 13.7 Å². The molecule has 0 unspecified atom stereocenters. The number of aliphatic hydroxyl groups excluding tert-OH is 1. The van der Waals surface area contributed by atoms with Crippen LogP contribution in [0.25, 0.3) is 0 Å². The van der Waals surface area contributed by atoms with Gasteiger partial charge >= 0.3 is 6.03 Å². The van der Waals surface area contributed by atoms with Gasteiger partial charge < -0.3 is 15.3 Å². The van der Waals surface area contributed by atoms with E-state index in [4.69, 9.17) is 5.11 Å². The summed E-state index contributed by atoms with van der Waals surface area (Å²) in [4.78, 5) is 13.8. The standard InChI is InChI=1S/C17H22N2O2/c1-19(17(21)18-16-6-2-3-7-16)13-15-10-8-14(9-11-15)5-4-12-20/h8-11,16,20H,2-3,6-7,12-13H2,1H3,(H,18,21). The molecule has 1 aliphatic rings. The summed E-state index contributed by atoms with van der Waals surface area (Å²) in [7, 11) is 1.81. The lowest BCUT2D eigenvalue weighted by atomic mass is 10.1. The van der Waals surface area contributed by atoms with Crippen LogP contribution in [0, 0.1) is 11.8 Å². The van der Waals surface area contributed by atoms with Crippen LogP contribution in [-0.2, 0) is 6.54 Å². The molecular formula is C17H22N2O2. The number of nitrogens with zero attached hydrogens (tertiary/aromatic N) is 1. The third kappa shape index (κ3) is 4.80. The van der Waals surface area contributed by atoms with Crippen LogP contribution in [0.1, 0.15) is 36.8 Å². The van der Waals surface area contributed by atoms with Crippen molar-refractivity contribution in [1.82, 2.24) is 10.2 Å². The van der Waals surface area contributed by atoms with Crippen LogP contribution in [0.15, 0.2) is 24.3 Å². The van der Waals surface area contributed by atoms with Gasteiger partial charge in [-0.05, 0) is 30.5 Å². The van der Waals surface area contributed by atoms with Gasteiger partial charge in [0.05, 0.1) is 0 Å². The molecule has 4 nitrogen and oxygen atoms in total. The Kier molecular flexibility index (Phi) is 5.65. The number of carbonyl (C=O) groups is 1. The number of rotatable bonds is 3. The van der Waals surface area contributed by atoms with Crippen molar-refractivity contribution in [3.05, 3.63) is 35.4 Å². The minimum Gasteiger partial charge on any atom is -0.384 e. The molecule has 0 aromatic heterocycles. The molecule has 0 spiro atoms. The van der Waals surface area contributed by atoms with Crippen LogP contribution in [-0.4, -0.2) is 35.7 Å². The summed E-state index contributed by atoms with van der Waals surface area (Å²) in [6.07, 6.45) is 4.62. The molecule has 1 aliphatic carbocycles. The molecule has 112 valence electrons. The van der Waals surface area contributed by atoms with E-state index in [1.54, 1.807) is 4.90 Å². The number of hydrogen-bond acceptors (Lipinski definition) is 2. The highest BCUT2D eigenvalue weighted by Crippen LogP contribution is 2.18. The van der Waals surface area contributed by atoms with Gasteiger partial charge in [0.2, 0.25) is 0 Å². The van der Waals surface area contributed by atoms with Gasteiger partial charge in [-0.15, -0.1) is 0 Å². The van der Waals surface area contributed by atoms with Gasteiger partial charge in [0.1, 0.15) is 6.61 Å². The summed E-state index contributed by atoms with van der Waals surface area (Å²) in [5.74, 6) is 5.47. The lowest BCUT2D eigenvalue weighted by Gasteiger charge is -2.21. The second-order valence-corrected chi connectivity index (χ2v) is 5.44. The van der Waals surface area contributed by atoms with Crippen LogP contribution >= 0.6 is 0 Å². The predicted molar refractivity (Wildman–Crippen MR) is 82.7 cm³/mol. The summed E-state index contributed by atoms with van der Waals surface area (Å²) < 4.78 is 0. The van der Waals surface area contributed by atoms with E-state index in [9.17, 15) is 4.79 Å². The average Bonchev–Trinajstić information content (AvgIpc) is 2.99. The SMILES string of the molecule is CN(Cc1ccc(C#CCO)cc1)C(=O)NC1CCCC1. The molecule has 2 N–H and O–H groups in total. The van der Waals surface area contributed by atoms with Crippen LogP contribution in [0.3, 0.4) is 0 Å². The normalized spacial score (nSPS) is 14.4. The summed E-state index contributed by atoms with van der Waals surface area (Å²) in [5, 5.41) is 11.7. The number of carbonyl (C=O) groups excluding carboxylic acids is 1. The van der Waals surface area contributed by atoms with Crippen LogP contribution in [0.4, 0.5) is 4.79 Å². The highest BCUT2D eigenvalue weighted by atomic mass is 16.2. The van der Waals surface area contributed by atoms with E-state index in [1.807, 2.05) is 31.3 Å². The molecule has 21 heavy (non-hydrogen) atoms. The monoisotopic (exact) mass is 286 g/mol. The lowest BCUT2D eigenvalue weighted by molar-refractivity contribution is 0.203. The van der Waals surface area contributed by atoms with Crippen molar-refractivity contribution >= 4 is 6.03 Å². The van der Waals surface area contributed by atoms with Crippen LogP contribution in [0.5, 0.6) is 0 Å². The van der Waals surface area contributed by atoms with Gasteiger partial charge in [-0.25, -0.2) is 4.79 Å². The lowest BCUT2D eigenvalue weighted by Crippen LogP contribution is -2.41. The molecule has 1 aromatic rings. The second-order valence-electron chi connectivity index (χ2n) is 5.44. The van der Waals surface area contributed by atoms with E-state index >= 15 is 0 Å². The number of benzene rings is 1. The molecule has 2 rings (SSSR count). The van der Waals surface area contributed by atoms with Gasteiger partial charge in [0.25, 0.3) is 0 Å². The largest absolute Gasteiger partial charge is 0.384 e. The average molecular weight is 286 g/mol. The molecular weight excluding hydrogens is 264 g/mol. The van der Waals surface area contributed by atoms with E-state index in [0.29, 0.717) is 12.6 Å². The minimum absolute atomic E-state index is 0.00829. The second kappa shape index (κ2) is 7.70. The first-order chi connectivity index (χ1) is 10.2. The van der Waals surface area contributed by atoms with E-state index in [2.05, 4.69) is 17.2 Å². The van der Waals surface area contributed by atoms with Gasteiger partial charge in [-0.2, -0.15) is 0 Å². The molecule has 0 aliphatic heterocycles. The number of hydrogen-bond donors (Lipinski definition) is 2. The maximum absolute atomic E-state index is 12.1. The number of urea groups is 1. The van der Waals surface area contributed by atoms with Crippen molar-refractivity contribution in [2.45, 2.75) is 38.3 Å². The summed E-state index contributed by atoms with van der Waals surface area (Å²) in [5.41, 5.74) is 1.93. The van der Waals surface area contributed by atoms with Gasteiger partial charge in [-0.1, -0.05) is 36.8 Å². The molecule has 0 saturated heterocycles. The van der Waals surface area contributed by atoms with Crippen LogP contribution in [0.2, 0.25) is 0 Å². The van der Waals surface area contributed by atoms with E-state index in [1.165, 1.54) is 12.8 Å². The Morgan fingerprint density at radius 2 is 2.00 bits per heavy atom.